The van der Waals surface area contributed by atoms with E-state index in [4.69, 9.17) is 30.5 Å². The van der Waals surface area contributed by atoms with Crippen LogP contribution in [0.15, 0.2) is 75.5 Å². The topological polar surface area (TPSA) is 123 Å². The molecule has 9 nitrogen and oxygen atoms in total. The van der Waals surface area contributed by atoms with Gasteiger partial charge in [0.05, 0.1) is 28.2 Å². The molecule has 0 atom stereocenters. The third-order valence-electron chi connectivity index (χ3n) is 4.86. The summed E-state index contributed by atoms with van der Waals surface area (Å²) in [4.78, 5) is 29.9. The van der Waals surface area contributed by atoms with Crippen molar-refractivity contribution in [3.05, 3.63) is 66.2 Å². The van der Waals surface area contributed by atoms with Gasteiger partial charge in [0.15, 0.2) is 0 Å². The van der Waals surface area contributed by atoms with Crippen LogP contribution in [0.3, 0.4) is 0 Å². The molecule has 186 valence electrons. The standard InChI is InChI=1S/C21H25N3O2S.C4H4O4/c25-14-16-26-15-13-23-9-11-24(12-10-23)21-17-5-1-3-7-19(17)27-20-8-4-2-6-18(20)22-21;5-3(6)1-2-4(7)8/h1-8,25H,9-16H2;1-2H,(H,5,6)(H,7,8)/b;2-1+/i13D2,15D2;. The van der Waals surface area contributed by atoms with Crippen LogP contribution in [0.2, 0.25) is 0 Å². The van der Waals surface area contributed by atoms with Gasteiger partial charge in [-0.3, -0.25) is 4.90 Å². The van der Waals surface area contributed by atoms with Gasteiger partial charge in [-0.15, -0.1) is 0 Å². The summed E-state index contributed by atoms with van der Waals surface area (Å²) >= 11 is 1.69. The minimum Gasteiger partial charge on any atom is -0.478 e. The summed E-state index contributed by atoms with van der Waals surface area (Å²) in [7, 11) is 0. The fourth-order valence-electron chi connectivity index (χ4n) is 3.28. The van der Waals surface area contributed by atoms with Crippen LogP contribution < -0.4 is 0 Å². The largest absolute Gasteiger partial charge is 0.478 e. The van der Waals surface area contributed by atoms with Crippen LogP contribution in [0.1, 0.15) is 11.0 Å². The van der Waals surface area contributed by atoms with E-state index in [1.54, 1.807) is 11.8 Å². The maximum atomic E-state index is 9.55. The van der Waals surface area contributed by atoms with E-state index >= 15 is 0 Å². The number of rotatable bonds is 7. The van der Waals surface area contributed by atoms with Gasteiger partial charge in [0.25, 0.3) is 0 Å². The summed E-state index contributed by atoms with van der Waals surface area (Å²) < 4.78 is 37.6. The number of carboxylic acids is 2. The molecule has 4 rings (SSSR count). The van der Waals surface area contributed by atoms with Crippen molar-refractivity contribution in [1.82, 2.24) is 9.80 Å². The molecule has 2 aliphatic heterocycles. The predicted octanol–water partition coefficient (Wildman–Crippen LogP) is 2.57. The summed E-state index contributed by atoms with van der Waals surface area (Å²) in [5, 5.41) is 24.5. The minimum absolute atomic E-state index is 0.253. The Labute approximate surface area is 214 Å². The van der Waals surface area contributed by atoms with Crippen LogP contribution in [-0.2, 0) is 14.3 Å². The molecule has 0 saturated carbocycles. The number of piperazine rings is 1. The lowest BCUT2D eigenvalue weighted by atomic mass is 10.1. The van der Waals surface area contributed by atoms with E-state index in [9.17, 15) is 9.59 Å². The minimum atomic E-state index is -2.53. The second kappa shape index (κ2) is 13.6. The third kappa shape index (κ3) is 8.22. The second-order valence-electron chi connectivity index (χ2n) is 7.27. The van der Waals surface area contributed by atoms with Crippen LogP contribution in [-0.4, -0.2) is 95.3 Å². The highest BCUT2D eigenvalue weighted by Gasteiger charge is 2.24. The van der Waals surface area contributed by atoms with Crippen molar-refractivity contribution in [1.29, 1.82) is 0 Å². The van der Waals surface area contributed by atoms with Crippen LogP contribution in [0.25, 0.3) is 0 Å². The molecule has 35 heavy (non-hydrogen) atoms. The molecule has 0 amide bonds. The van der Waals surface area contributed by atoms with Gasteiger partial charge in [0.1, 0.15) is 5.84 Å². The monoisotopic (exact) mass is 503 g/mol. The molecule has 0 bridgehead atoms. The fraction of sp³-hybridized carbons (Fsp3) is 0.320. The molecule has 0 spiro atoms. The molecule has 2 aromatic carbocycles. The molecule has 0 radical (unpaired) electrons. The zero-order valence-corrected chi connectivity index (χ0v) is 19.6. The second-order valence-corrected chi connectivity index (χ2v) is 8.35. The Morgan fingerprint density at radius 2 is 1.63 bits per heavy atom. The van der Waals surface area contributed by atoms with Crippen LogP contribution >= 0.6 is 11.8 Å². The maximum absolute atomic E-state index is 9.55. The molecule has 2 aliphatic rings. The number of amidine groups is 1. The van der Waals surface area contributed by atoms with Gasteiger partial charge in [-0.2, -0.15) is 0 Å². The molecular weight excluding hydrogens is 470 g/mol. The molecule has 2 aromatic rings. The number of aliphatic imine (C=N–C) groups is 1. The number of aliphatic carboxylic acids is 2. The Bertz CT molecular complexity index is 1220. The van der Waals surface area contributed by atoms with E-state index in [0.29, 0.717) is 38.3 Å². The number of carboxylic acid groups (broad SMARTS) is 2. The number of carbonyl (C=O) groups is 2. The van der Waals surface area contributed by atoms with E-state index in [0.717, 1.165) is 26.9 Å². The Kier molecular flexibility index (Phi) is 8.24. The van der Waals surface area contributed by atoms with Crippen molar-refractivity contribution in [2.24, 2.45) is 4.99 Å². The summed E-state index contributed by atoms with van der Waals surface area (Å²) in [6.45, 7) is -3.79. The first-order valence-corrected chi connectivity index (χ1v) is 11.6. The summed E-state index contributed by atoms with van der Waals surface area (Å²) in [6, 6.07) is 16.2. The normalized spacial score (nSPS) is 17.9. The number of nitrogens with zero attached hydrogens (tertiary/aromatic N) is 3. The molecule has 0 aromatic heterocycles. The lowest BCUT2D eigenvalue weighted by Gasteiger charge is -2.36. The SMILES string of the molecule is O=C(O)/C=C/C(=O)O.[2H]C([2H])(OCCO)C([2H])([2H])N1CCN(C2=Nc3ccccc3Sc3ccccc32)CC1. The molecule has 3 N–H and O–H groups in total. The van der Waals surface area contributed by atoms with Crippen molar-refractivity contribution in [3.8, 4) is 0 Å². The molecular formula is C25H29N3O6S. The fourth-order valence-corrected chi connectivity index (χ4v) is 4.29. The highest BCUT2D eigenvalue weighted by molar-refractivity contribution is 7.99. The number of aliphatic hydroxyl groups excluding tert-OH is 1. The van der Waals surface area contributed by atoms with Gasteiger partial charge in [-0.1, -0.05) is 42.1 Å². The summed E-state index contributed by atoms with van der Waals surface area (Å²) in [6.07, 6.45) is 1.12. The van der Waals surface area contributed by atoms with Gasteiger partial charge < -0.3 is 25.0 Å². The first kappa shape index (κ1) is 21.1. The van der Waals surface area contributed by atoms with Gasteiger partial charge in [-0.25, -0.2) is 14.6 Å². The van der Waals surface area contributed by atoms with E-state index in [1.165, 1.54) is 4.90 Å². The highest BCUT2D eigenvalue weighted by Crippen LogP contribution is 2.40. The maximum Gasteiger partial charge on any atom is 0.328 e. The number of benzene rings is 2. The van der Waals surface area contributed by atoms with E-state index < -0.39 is 25.0 Å². The Hall–Kier alpha value is -3.18. The molecule has 1 saturated heterocycles. The number of para-hydroxylation sites is 1. The average molecular weight is 504 g/mol. The Morgan fingerprint density at radius 3 is 2.29 bits per heavy atom. The average Bonchev–Trinajstić information content (AvgIpc) is 3.08. The zero-order valence-electron chi connectivity index (χ0n) is 22.8. The first-order valence-electron chi connectivity index (χ1n) is 12.8. The molecule has 0 unspecified atom stereocenters. The first-order chi connectivity index (χ1) is 18.5. The Balaban J connectivity index is 0.000000459. The smallest absolute Gasteiger partial charge is 0.328 e. The van der Waals surface area contributed by atoms with Gasteiger partial charge in [-0.05, 0) is 18.2 Å². The van der Waals surface area contributed by atoms with Gasteiger partial charge in [0, 0.05) is 62.9 Å². The van der Waals surface area contributed by atoms with Crippen LogP contribution in [0.4, 0.5) is 5.69 Å². The molecule has 2 heterocycles. The number of fused-ring (bicyclic) bond motifs is 2. The summed E-state index contributed by atoms with van der Waals surface area (Å²) in [5.74, 6) is -1.66. The van der Waals surface area contributed by atoms with E-state index in [-0.39, 0.29) is 13.2 Å². The van der Waals surface area contributed by atoms with Gasteiger partial charge >= 0.3 is 11.9 Å². The van der Waals surface area contributed by atoms with Crippen molar-refractivity contribution in [2.75, 3.05) is 52.4 Å². The third-order valence-corrected chi connectivity index (χ3v) is 6.00. The van der Waals surface area contributed by atoms with Gasteiger partial charge in [0.2, 0.25) is 0 Å². The van der Waals surface area contributed by atoms with Crippen molar-refractivity contribution in [2.45, 2.75) is 9.79 Å². The van der Waals surface area contributed by atoms with Crippen LogP contribution in [0.5, 0.6) is 0 Å². The molecule has 1 fully saturated rings. The van der Waals surface area contributed by atoms with Crippen LogP contribution in [0, 0.1) is 0 Å². The quantitative estimate of drug-likeness (QED) is 0.489. The van der Waals surface area contributed by atoms with Crippen molar-refractivity contribution >= 4 is 35.2 Å². The lowest BCUT2D eigenvalue weighted by Crippen LogP contribution is -2.49. The Morgan fingerprint density at radius 1 is 1.00 bits per heavy atom. The van der Waals surface area contributed by atoms with Crippen molar-refractivity contribution < 1.29 is 35.1 Å². The zero-order chi connectivity index (χ0) is 28.6. The summed E-state index contributed by atoms with van der Waals surface area (Å²) in [5.41, 5.74) is 1.95. The predicted molar refractivity (Wildman–Crippen MR) is 134 cm³/mol. The molecule has 0 aliphatic carbocycles. The number of hydrogen-bond acceptors (Lipinski definition) is 8. The number of hydrogen-bond donors (Lipinski definition) is 3. The highest BCUT2D eigenvalue weighted by atomic mass is 32.2. The number of aliphatic hydroxyl groups is 1. The lowest BCUT2D eigenvalue weighted by molar-refractivity contribution is -0.134. The van der Waals surface area contributed by atoms with E-state index in [2.05, 4.69) is 23.1 Å². The van der Waals surface area contributed by atoms with Crippen molar-refractivity contribution in [3.63, 3.8) is 0 Å². The molecule has 10 heteroatoms. The van der Waals surface area contributed by atoms with E-state index in [1.807, 2.05) is 30.3 Å². The number of ether oxygens (including phenoxy) is 1.